The summed E-state index contributed by atoms with van der Waals surface area (Å²) in [7, 11) is 0. The molecule has 2 saturated carbocycles. The number of phenolic OH excluding ortho intramolecular Hbond substituents is 1. The summed E-state index contributed by atoms with van der Waals surface area (Å²) in [6.07, 6.45) is 3.36. The zero-order valence-electron chi connectivity index (χ0n) is 9.52. The van der Waals surface area contributed by atoms with E-state index in [-0.39, 0.29) is 17.6 Å². The molecule has 2 aliphatic carbocycles. The number of nitrogen functional groups attached to an aromatic ring is 1. The van der Waals surface area contributed by atoms with E-state index in [0.29, 0.717) is 11.4 Å². The fraction of sp³-hybridized carbons (Fsp3) is 0.462. The first kappa shape index (κ1) is 10.4. The molecule has 1 amide bonds. The van der Waals surface area contributed by atoms with E-state index in [0.717, 1.165) is 24.7 Å². The molecule has 1 aromatic rings. The van der Waals surface area contributed by atoms with E-state index in [1.54, 1.807) is 6.07 Å². The van der Waals surface area contributed by atoms with Crippen molar-refractivity contribution in [3.05, 3.63) is 18.2 Å². The number of rotatable bonds is 2. The van der Waals surface area contributed by atoms with Gasteiger partial charge in [0.15, 0.2) is 0 Å². The number of carbonyl (C=O) groups is 1. The predicted octanol–water partition coefficient (Wildman–Crippen LogP) is 1.96. The van der Waals surface area contributed by atoms with E-state index < -0.39 is 0 Å². The summed E-state index contributed by atoms with van der Waals surface area (Å²) < 4.78 is 0. The van der Waals surface area contributed by atoms with Gasteiger partial charge in [-0.1, -0.05) is 0 Å². The highest BCUT2D eigenvalue weighted by Gasteiger charge is 2.47. The molecular weight excluding hydrogens is 216 g/mol. The Bertz CT molecular complexity index is 462. The molecule has 4 heteroatoms. The molecule has 4 nitrogen and oxygen atoms in total. The molecule has 0 spiro atoms. The number of nitrogens with two attached hydrogens (primary N) is 1. The molecule has 0 aliphatic heterocycles. The topological polar surface area (TPSA) is 75.3 Å². The fourth-order valence-corrected chi connectivity index (χ4v) is 2.83. The number of anilines is 2. The summed E-state index contributed by atoms with van der Waals surface area (Å²) in [6, 6.07) is 4.61. The molecule has 2 atom stereocenters. The van der Waals surface area contributed by atoms with Crippen LogP contribution in [-0.2, 0) is 4.79 Å². The van der Waals surface area contributed by atoms with E-state index in [4.69, 9.17) is 5.73 Å². The number of nitrogens with one attached hydrogen (secondary N) is 1. The van der Waals surface area contributed by atoms with Crippen LogP contribution >= 0.6 is 0 Å². The maximum atomic E-state index is 12.0. The van der Waals surface area contributed by atoms with Crippen LogP contribution in [0.3, 0.4) is 0 Å². The molecular formula is C13H16N2O2. The van der Waals surface area contributed by atoms with Gasteiger partial charge in [-0.25, -0.2) is 0 Å². The SMILES string of the molecule is Nc1cc(O)ccc1NC(=O)C1CC2CC2C1. The first-order valence-electron chi connectivity index (χ1n) is 6.03. The average Bonchev–Trinajstić information content (AvgIpc) is 2.89. The van der Waals surface area contributed by atoms with Gasteiger partial charge in [0.2, 0.25) is 5.91 Å². The van der Waals surface area contributed by atoms with Gasteiger partial charge in [0.25, 0.3) is 0 Å². The number of hydrogen-bond donors (Lipinski definition) is 3. The molecule has 0 aromatic heterocycles. The lowest BCUT2D eigenvalue weighted by atomic mass is 10.0. The lowest BCUT2D eigenvalue weighted by Gasteiger charge is -2.13. The van der Waals surface area contributed by atoms with Crippen LogP contribution < -0.4 is 11.1 Å². The highest BCUT2D eigenvalue weighted by molar-refractivity contribution is 5.95. The van der Waals surface area contributed by atoms with Crippen molar-refractivity contribution < 1.29 is 9.90 Å². The van der Waals surface area contributed by atoms with Crippen molar-refractivity contribution in [2.24, 2.45) is 17.8 Å². The fourth-order valence-electron chi connectivity index (χ4n) is 2.83. The Balaban J connectivity index is 1.67. The predicted molar refractivity (Wildman–Crippen MR) is 65.5 cm³/mol. The molecule has 1 aromatic carbocycles. The number of amides is 1. The Kier molecular flexibility index (Phi) is 2.24. The van der Waals surface area contributed by atoms with E-state index >= 15 is 0 Å². The molecule has 0 heterocycles. The monoisotopic (exact) mass is 232 g/mol. The van der Waals surface area contributed by atoms with E-state index in [2.05, 4.69) is 5.32 Å². The summed E-state index contributed by atoms with van der Waals surface area (Å²) in [5, 5.41) is 12.1. The smallest absolute Gasteiger partial charge is 0.227 e. The second-order valence-corrected chi connectivity index (χ2v) is 5.18. The van der Waals surface area contributed by atoms with Crippen molar-refractivity contribution in [1.29, 1.82) is 0 Å². The molecule has 0 bridgehead atoms. The van der Waals surface area contributed by atoms with Crippen LogP contribution in [0.4, 0.5) is 11.4 Å². The van der Waals surface area contributed by atoms with E-state index in [9.17, 15) is 9.90 Å². The second kappa shape index (κ2) is 3.65. The molecule has 0 radical (unpaired) electrons. The van der Waals surface area contributed by atoms with Gasteiger partial charge in [-0.05, 0) is 43.2 Å². The maximum absolute atomic E-state index is 12.0. The minimum Gasteiger partial charge on any atom is -0.508 e. The van der Waals surface area contributed by atoms with Gasteiger partial charge in [0.05, 0.1) is 11.4 Å². The molecule has 3 rings (SSSR count). The Morgan fingerprint density at radius 1 is 1.29 bits per heavy atom. The second-order valence-electron chi connectivity index (χ2n) is 5.18. The summed E-state index contributed by atoms with van der Waals surface area (Å²) in [5.41, 5.74) is 6.72. The Labute approximate surface area is 99.8 Å². The van der Waals surface area contributed by atoms with Crippen molar-refractivity contribution in [2.45, 2.75) is 19.3 Å². The van der Waals surface area contributed by atoms with Crippen LogP contribution in [0.5, 0.6) is 5.75 Å². The van der Waals surface area contributed by atoms with Crippen LogP contribution in [0.15, 0.2) is 18.2 Å². The number of fused-ring (bicyclic) bond motifs is 1. The first-order valence-corrected chi connectivity index (χ1v) is 6.03. The summed E-state index contributed by atoms with van der Waals surface area (Å²) in [5.74, 6) is 1.91. The highest BCUT2D eigenvalue weighted by Crippen LogP contribution is 2.54. The third-order valence-corrected chi connectivity index (χ3v) is 3.91. The van der Waals surface area contributed by atoms with Crippen molar-refractivity contribution in [3.63, 3.8) is 0 Å². The number of aromatic hydroxyl groups is 1. The minimum absolute atomic E-state index is 0.0644. The zero-order chi connectivity index (χ0) is 12.0. The van der Waals surface area contributed by atoms with Crippen LogP contribution in [0.1, 0.15) is 19.3 Å². The van der Waals surface area contributed by atoms with Crippen LogP contribution in [0, 0.1) is 17.8 Å². The largest absolute Gasteiger partial charge is 0.508 e. The number of phenols is 1. The molecule has 17 heavy (non-hydrogen) atoms. The maximum Gasteiger partial charge on any atom is 0.227 e. The molecule has 0 saturated heterocycles. The summed E-state index contributed by atoms with van der Waals surface area (Å²) in [6.45, 7) is 0. The lowest BCUT2D eigenvalue weighted by molar-refractivity contribution is -0.120. The number of benzene rings is 1. The van der Waals surface area contributed by atoms with Crippen LogP contribution in [0.25, 0.3) is 0 Å². The van der Waals surface area contributed by atoms with Crippen LogP contribution in [0.2, 0.25) is 0 Å². The van der Waals surface area contributed by atoms with Gasteiger partial charge < -0.3 is 16.2 Å². The van der Waals surface area contributed by atoms with Crippen molar-refractivity contribution >= 4 is 17.3 Å². The Morgan fingerprint density at radius 3 is 2.65 bits per heavy atom. The Morgan fingerprint density at radius 2 is 2.00 bits per heavy atom. The normalized spacial score (nSPS) is 29.8. The number of hydrogen-bond acceptors (Lipinski definition) is 3. The minimum atomic E-state index is 0.0644. The zero-order valence-corrected chi connectivity index (χ0v) is 9.52. The lowest BCUT2D eigenvalue weighted by Crippen LogP contribution is -2.22. The van der Waals surface area contributed by atoms with Crippen molar-refractivity contribution in [3.8, 4) is 5.75 Å². The van der Waals surface area contributed by atoms with Gasteiger partial charge in [-0.3, -0.25) is 4.79 Å². The number of carbonyl (C=O) groups excluding carboxylic acids is 1. The van der Waals surface area contributed by atoms with Gasteiger partial charge >= 0.3 is 0 Å². The molecule has 4 N–H and O–H groups in total. The first-order chi connectivity index (χ1) is 8.13. The molecule has 2 aliphatic rings. The van der Waals surface area contributed by atoms with Crippen LogP contribution in [-0.4, -0.2) is 11.0 Å². The highest BCUT2D eigenvalue weighted by atomic mass is 16.3. The van der Waals surface area contributed by atoms with Gasteiger partial charge in [0.1, 0.15) is 5.75 Å². The van der Waals surface area contributed by atoms with Gasteiger partial charge in [-0.2, -0.15) is 0 Å². The standard InChI is InChI=1S/C13H16N2O2/c14-11-6-10(16)1-2-12(11)15-13(17)9-4-7-3-8(7)5-9/h1-2,6-9,16H,3-5,14H2,(H,15,17). The van der Waals surface area contributed by atoms with E-state index in [1.807, 2.05) is 0 Å². The van der Waals surface area contributed by atoms with Gasteiger partial charge in [0, 0.05) is 12.0 Å². The third kappa shape index (κ3) is 1.95. The molecule has 90 valence electrons. The van der Waals surface area contributed by atoms with Crippen molar-refractivity contribution in [1.82, 2.24) is 0 Å². The average molecular weight is 232 g/mol. The third-order valence-electron chi connectivity index (χ3n) is 3.91. The quantitative estimate of drug-likeness (QED) is 0.539. The Hall–Kier alpha value is -1.71. The summed E-state index contributed by atoms with van der Waals surface area (Å²) in [4.78, 5) is 12.0. The van der Waals surface area contributed by atoms with Crippen molar-refractivity contribution in [2.75, 3.05) is 11.1 Å². The molecule has 2 unspecified atom stereocenters. The molecule has 2 fully saturated rings. The summed E-state index contributed by atoms with van der Waals surface area (Å²) >= 11 is 0. The van der Waals surface area contributed by atoms with E-state index in [1.165, 1.54) is 18.6 Å². The van der Waals surface area contributed by atoms with Gasteiger partial charge in [-0.15, -0.1) is 0 Å².